The summed E-state index contributed by atoms with van der Waals surface area (Å²) in [5.74, 6) is 7.04. The van der Waals surface area contributed by atoms with Crippen LogP contribution in [0.4, 0.5) is 0 Å². The molecule has 0 atom stereocenters. The van der Waals surface area contributed by atoms with Gasteiger partial charge in [0.1, 0.15) is 11.5 Å². The van der Waals surface area contributed by atoms with Crippen molar-refractivity contribution in [1.82, 2.24) is 0 Å². The highest BCUT2D eigenvalue weighted by Gasteiger charge is 2.19. The number of benzene rings is 4. The second kappa shape index (κ2) is 7.03. The summed E-state index contributed by atoms with van der Waals surface area (Å²) in [6, 6.07) is 19.8. The summed E-state index contributed by atoms with van der Waals surface area (Å²) in [7, 11) is 3.33. The molecule has 134 valence electrons. The largest absolute Gasteiger partial charge is 0.496 e. The Morgan fingerprint density at radius 2 is 1.00 bits per heavy atom. The minimum atomic E-state index is 0.749. The molecule has 0 saturated carbocycles. The van der Waals surface area contributed by atoms with Gasteiger partial charge in [0.05, 0.1) is 14.2 Å². The second-order valence-corrected chi connectivity index (χ2v) is 6.38. The third kappa shape index (κ3) is 2.56. The van der Waals surface area contributed by atoms with E-state index in [2.05, 4.69) is 24.0 Å². The van der Waals surface area contributed by atoms with Gasteiger partial charge in [-0.05, 0) is 57.9 Å². The van der Waals surface area contributed by atoms with E-state index in [1.807, 2.05) is 48.5 Å². The molecule has 0 aromatic heterocycles. The van der Waals surface area contributed by atoms with Gasteiger partial charge < -0.3 is 9.47 Å². The van der Waals surface area contributed by atoms with Crippen LogP contribution in [0.2, 0.25) is 0 Å². The van der Waals surface area contributed by atoms with Crippen LogP contribution >= 0.6 is 0 Å². The van der Waals surface area contributed by atoms with Gasteiger partial charge in [-0.1, -0.05) is 36.1 Å². The van der Waals surface area contributed by atoms with Crippen molar-refractivity contribution in [3.05, 3.63) is 71.8 Å². The Hall–Kier alpha value is -3.88. The normalized spacial score (nSPS) is 10.4. The Morgan fingerprint density at radius 3 is 1.36 bits per heavy atom. The molecule has 0 aliphatic carbocycles. The molecule has 0 amide bonds. The van der Waals surface area contributed by atoms with Crippen LogP contribution < -0.4 is 9.47 Å². The molecule has 0 bridgehead atoms. The van der Waals surface area contributed by atoms with E-state index < -0.39 is 0 Å². The Balaban J connectivity index is 2.24. The van der Waals surface area contributed by atoms with Gasteiger partial charge in [-0.2, -0.15) is 0 Å². The molecule has 0 fully saturated rings. The van der Waals surface area contributed by atoms with E-state index in [1.54, 1.807) is 14.2 Å². The molecule has 4 aromatic carbocycles. The van der Waals surface area contributed by atoms with E-state index in [4.69, 9.17) is 22.3 Å². The maximum Gasteiger partial charge on any atom is 0.127 e. The second-order valence-electron chi connectivity index (χ2n) is 6.38. The van der Waals surface area contributed by atoms with Crippen molar-refractivity contribution in [2.75, 3.05) is 14.2 Å². The van der Waals surface area contributed by atoms with Crippen LogP contribution in [0.3, 0.4) is 0 Å². The summed E-state index contributed by atoms with van der Waals surface area (Å²) in [5.41, 5.74) is 3.55. The third-order valence-electron chi connectivity index (χ3n) is 5.05. The molecule has 0 aliphatic rings. The summed E-state index contributed by atoms with van der Waals surface area (Å²) in [6.07, 6.45) is 11.5. The summed E-state index contributed by atoms with van der Waals surface area (Å²) >= 11 is 0. The van der Waals surface area contributed by atoms with Crippen molar-refractivity contribution in [2.45, 2.75) is 0 Å². The molecule has 0 radical (unpaired) electrons. The average molecular weight is 362 g/mol. The first-order valence-corrected chi connectivity index (χ1v) is 8.86. The number of rotatable bonds is 3. The first-order chi connectivity index (χ1) is 13.7. The number of terminal acetylenes is 2. The molecule has 0 saturated heterocycles. The van der Waals surface area contributed by atoms with Crippen LogP contribution in [0.25, 0.3) is 32.7 Å². The zero-order valence-electron chi connectivity index (χ0n) is 15.7. The summed E-state index contributed by atoms with van der Waals surface area (Å²) in [4.78, 5) is 0. The highest BCUT2D eigenvalue weighted by atomic mass is 16.5. The maximum atomic E-state index is 5.74. The van der Waals surface area contributed by atoms with Gasteiger partial charge in [-0.25, -0.2) is 0 Å². The lowest BCUT2D eigenvalue weighted by Gasteiger charge is -2.18. The minimum absolute atomic E-state index is 0.749. The van der Waals surface area contributed by atoms with Crippen LogP contribution in [0.15, 0.2) is 60.7 Å². The Kier molecular flexibility index (Phi) is 4.40. The van der Waals surface area contributed by atoms with Crippen LogP contribution in [-0.4, -0.2) is 14.2 Å². The molecule has 2 nitrogen and oxygen atoms in total. The Bertz CT molecular complexity index is 1200. The van der Waals surface area contributed by atoms with Crippen LogP contribution in [-0.2, 0) is 0 Å². The molecule has 0 N–H and O–H groups in total. The Labute approximate surface area is 164 Å². The molecule has 4 rings (SSSR count). The highest BCUT2D eigenvalue weighted by Crippen LogP contribution is 2.46. The Morgan fingerprint density at radius 1 is 0.571 bits per heavy atom. The van der Waals surface area contributed by atoms with E-state index in [9.17, 15) is 0 Å². The zero-order chi connectivity index (χ0) is 19.7. The van der Waals surface area contributed by atoms with Gasteiger partial charge in [-0.15, -0.1) is 12.8 Å². The molecule has 0 spiro atoms. The minimum Gasteiger partial charge on any atom is -0.496 e. The number of hydrogen-bond acceptors (Lipinski definition) is 2. The van der Waals surface area contributed by atoms with Crippen molar-refractivity contribution < 1.29 is 9.47 Å². The zero-order valence-corrected chi connectivity index (χ0v) is 15.7. The van der Waals surface area contributed by atoms with Crippen molar-refractivity contribution in [2.24, 2.45) is 0 Å². The first-order valence-electron chi connectivity index (χ1n) is 8.86. The SMILES string of the molecule is C#Cc1cccc2c(-c3c(OC)ccc4c(C#C)cccc34)c(OC)ccc12. The molecule has 0 heterocycles. The van der Waals surface area contributed by atoms with Gasteiger partial charge in [0.15, 0.2) is 0 Å². The monoisotopic (exact) mass is 362 g/mol. The number of hydrogen-bond donors (Lipinski definition) is 0. The van der Waals surface area contributed by atoms with E-state index in [0.717, 1.165) is 55.3 Å². The summed E-state index contributed by atoms with van der Waals surface area (Å²) < 4.78 is 11.5. The van der Waals surface area contributed by atoms with Gasteiger partial charge in [-0.3, -0.25) is 0 Å². The van der Waals surface area contributed by atoms with Crippen molar-refractivity contribution in [1.29, 1.82) is 0 Å². The predicted octanol–water partition coefficient (Wildman–Crippen LogP) is 5.64. The van der Waals surface area contributed by atoms with Crippen molar-refractivity contribution in [3.8, 4) is 47.3 Å². The number of methoxy groups -OCH3 is 2. The van der Waals surface area contributed by atoms with Gasteiger partial charge >= 0.3 is 0 Å². The van der Waals surface area contributed by atoms with Gasteiger partial charge in [0.25, 0.3) is 0 Å². The molecular weight excluding hydrogens is 344 g/mol. The first kappa shape index (κ1) is 17.5. The van der Waals surface area contributed by atoms with Crippen LogP contribution in [0, 0.1) is 24.7 Å². The van der Waals surface area contributed by atoms with E-state index in [-0.39, 0.29) is 0 Å². The number of fused-ring (bicyclic) bond motifs is 2. The van der Waals surface area contributed by atoms with Crippen molar-refractivity contribution >= 4 is 21.5 Å². The van der Waals surface area contributed by atoms with Crippen molar-refractivity contribution in [3.63, 3.8) is 0 Å². The lowest BCUT2D eigenvalue weighted by molar-refractivity contribution is 0.411. The lowest BCUT2D eigenvalue weighted by Crippen LogP contribution is -1.96. The van der Waals surface area contributed by atoms with Crippen LogP contribution in [0.5, 0.6) is 11.5 Å². The third-order valence-corrected chi connectivity index (χ3v) is 5.05. The molecule has 0 aliphatic heterocycles. The molecule has 28 heavy (non-hydrogen) atoms. The average Bonchev–Trinajstić information content (AvgIpc) is 2.76. The fraction of sp³-hybridized carbons (Fsp3) is 0.0769. The van der Waals surface area contributed by atoms with Crippen LogP contribution in [0.1, 0.15) is 11.1 Å². The fourth-order valence-electron chi connectivity index (χ4n) is 3.78. The lowest BCUT2D eigenvalue weighted by atomic mass is 9.90. The maximum absolute atomic E-state index is 5.74. The molecular formula is C26H18O2. The smallest absolute Gasteiger partial charge is 0.127 e. The standard InChI is InChI=1S/C26H18O2/c1-5-17-9-7-11-21-19(17)13-15-23(27-3)25(21)26-22-12-8-10-18(6-2)20(22)14-16-24(26)28-4/h1-2,7-16H,3-4H3. The van der Waals surface area contributed by atoms with E-state index in [0.29, 0.717) is 0 Å². The highest BCUT2D eigenvalue weighted by molar-refractivity contribution is 6.11. The molecule has 4 aromatic rings. The predicted molar refractivity (Wildman–Crippen MR) is 116 cm³/mol. The van der Waals surface area contributed by atoms with Gasteiger partial charge in [0, 0.05) is 22.3 Å². The fourth-order valence-corrected chi connectivity index (χ4v) is 3.78. The molecule has 0 unspecified atom stereocenters. The van der Waals surface area contributed by atoms with E-state index in [1.165, 1.54) is 0 Å². The summed E-state index contributed by atoms with van der Waals surface area (Å²) in [5, 5.41) is 4.00. The summed E-state index contributed by atoms with van der Waals surface area (Å²) in [6.45, 7) is 0. The number of ether oxygens (including phenoxy) is 2. The molecule has 2 heteroatoms. The topological polar surface area (TPSA) is 18.5 Å². The van der Waals surface area contributed by atoms with Gasteiger partial charge in [0.2, 0.25) is 0 Å². The quantitative estimate of drug-likeness (QED) is 0.439. The van der Waals surface area contributed by atoms with E-state index >= 15 is 0 Å².